The van der Waals surface area contributed by atoms with Crippen LogP contribution in [-0.2, 0) is 14.6 Å². The molecular weight excluding hydrogens is 226 g/mol. The monoisotopic (exact) mass is 241 g/mol. The van der Waals surface area contributed by atoms with Crippen LogP contribution in [0.15, 0.2) is 0 Å². The van der Waals surface area contributed by atoms with Crippen molar-refractivity contribution < 1.29 is 13.2 Å². The number of carbonyl (C=O) groups excluding carboxylic acids is 1. The van der Waals surface area contributed by atoms with Gasteiger partial charge in [-0.2, -0.15) is 0 Å². The number of halogens is 1. The maximum absolute atomic E-state index is 11.5. The van der Waals surface area contributed by atoms with E-state index in [1.54, 1.807) is 6.92 Å². The molecule has 1 unspecified atom stereocenters. The predicted molar refractivity (Wildman–Crippen MR) is 57.2 cm³/mol. The standard InChI is InChI=1S/C8H16ClNO3S/c1-6(9)5-10-7(11)8(2,3)14(4,12)13/h6H,5H2,1-4H3,(H,10,11). The molecule has 0 aliphatic carbocycles. The van der Waals surface area contributed by atoms with Gasteiger partial charge in [-0.25, -0.2) is 8.42 Å². The molecule has 0 aliphatic heterocycles. The Hall–Kier alpha value is -0.290. The molecule has 0 aromatic rings. The van der Waals surface area contributed by atoms with E-state index in [-0.39, 0.29) is 11.9 Å². The molecule has 0 spiro atoms. The maximum atomic E-state index is 11.5. The fourth-order valence-electron chi connectivity index (χ4n) is 0.615. The topological polar surface area (TPSA) is 63.2 Å². The molecule has 0 radical (unpaired) electrons. The molecule has 0 saturated heterocycles. The zero-order chi connectivity index (χ0) is 11.6. The lowest BCUT2D eigenvalue weighted by atomic mass is 10.2. The van der Waals surface area contributed by atoms with Crippen molar-refractivity contribution in [3.8, 4) is 0 Å². The van der Waals surface area contributed by atoms with Crippen LogP contribution in [0.5, 0.6) is 0 Å². The largest absolute Gasteiger partial charge is 0.353 e. The molecule has 0 saturated carbocycles. The number of hydrogen-bond donors (Lipinski definition) is 1. The van der Waals surface area contributed by atoms with Crippen molar-refractivity contribution in [1.82, 2.24) is 5.32 Å². The van der Waals surface area contributed by atoms with Gasteiger partial charge in [0.2, 0.25) is 5.91 Å². The summed E-state index contributed by atoms with van der Waals surface area (Å²) in [6.45, 7) is 4.72. The third kappa shape index (κ3) is 3.46. The van der Waals surface area contributed by atoms with Crippen LogP contribution in [0.4, 0.5) is 0 Å². The molecule has 0 fully saturated rings. The molecular formula is C8H16ClNO3S. The van der Waals surface area contributed by atoms with E-state index >= 15 is 0 Å². The normalized spacial score (nSPS) is 14.9. The highest BCUT2D eigenvalue weighted by Gasteiger charge is 2.38. The van der Waals surface area contributed by atoms with Crippen molar-refractivity contribution in [2.24, 2.45) is 0 Å². The van der Waals surface area contributed by atoms with Gasteiger partial charge in [-0.3, -0.25) is 4.79 Å². The van der Waals surface area contributed by atoms with Crippen molar-refractivity contribution in [3.05, 3.63) is 0 Å². The highest BCUT2D eigenvalue weighted by atomic mass is 35.5. The first-order valence-corrected chi connectivity index (χ1v) is 6.54. The Bertz CT molecular complexity index is 309. The Morgan fingerprint density at radius 1 is 1.50 bits per heavy atom. The highest BCUT2D eigenvalue weighted by molar-refractivity contribution is 7.92. The van der Waals surface area contributed by atoms with Gasteiger partial charge in [-0.05, 0) is 20.8 Å². The summed E-state index contributed by atoms with van der Waals surface area (Å²) in [4.78, 5) is 11.5. The van der Waals surface area contributed by atoms with E-state index in [4.69, 9.17) is 11.6 Å². The fraction of sp³-hybridized carbons (Fsp3) is 0.875. The summed E-state index contributed by atoms with van der Waals surface area (Å²) in [6.07, 6.45) is 1.04. The van der Waals surface area contributed by atoms with Gasteiger partial charge in [0.15, 0.2) is 9.84 Å². The number of sulfone groups is 1. The lowest BCUT2D eigenvalue weighted by Crippen LogP contribution is -2.48. The first-order chi connectivity index (χ1) is 6.09. The van der Waals surface area contributed by atoms with Gasteiger partial charge in [-0.1, -0.05) is 0 Å². The van der Waals surface area contributed by atoms with Crippen LogP contribution >= 0.6 is 11.6 Å². The predicted octanol–water partition coefficient (Wildman–Crippen LogP) is 0.553. The van der Waals surface area contributed by atoms with Crippen LogP contribution in [0, 0.1) is 0 Å². The minimum absolute atomic E-state index is 0.214. The third-order valence-electron chi connectivity index (χ3n) is 2.02. The Labute approximate surface area is 89.9 Å². The summed E-state index contributed by atoms with van der Waals surface area (Å²) in [5.74, 6) is -0.521. The molecule has 84 valence electrons. The third-order valence-corrected chi connectivity index (χ3v) is 4.21. The van der Waals surface area contributed by atoms with Crippen molar-refractivity contribution in [2.45, 2.75) is 30.9 Å². The van der Waals surface area contributed by atoms with E-state index in [9.17, 15) is 13.2 Å². The summed E-state index contributed by atoms with van der Waals surface area (Å²) in [7, 11) is -3.40. The average molecular weight is 242 g/mol. The second-order valence-electron chi connectivity index (χ2n) is 3.77. The van der Waals surface area contributed by atoms with Gasteiger partial charge in [-0.15, -0.1) is 11.6 Å². The van der Waals surface area contributed by atoms with E-state index < -0.39 is 20.5 Å². The van der Waals surface area contributed by atoms with Gasteiger partial charge >= 0.3 is 0 Å². The Morgan fingerprint density at radius 3 is 2.21 bits per heavy atom. The lowest BCUT2D eigenvalue weighted by Gasteiger charge is -2.21. The van der Waals surface area contributed by atoms with Crippen LogP contribution < -0.4 is 5.32 Å². The van der Waals surface area contributed by atoms with Crippen molar-refractivity contribution in [1.29, 1.82) is 0 Å². The lowest BCUT2D eigenvalue weighted by molar-refractivity contribution is -0.122. The quantitative estimate of drug-likeness (QED) is 0.732. The average Bonchev–Trinajstić information content (AvgIpc) is 1.97. The first-order valence-electron chi connectivity index (χ1n) is 4.21. The van der Waals surface area contributed by atoms with E-state index in [0.717, 1.165) is 6.26 Å². The molecule has 0 heterocycles. The molecule has 0 aromatic heterocycles. The Balaban J connectivity index is 4.54. The summed E-state index contributed by atoms with van der Waals surface area (Å²) in [6, 6.07) is 0. The molecule has 1 atom stereocenters. The van der Waals surface area contributed by atoms with E-state index in [1.807, 2.05) is 0 Å². The summed E-state index contributed by atoms with van der Waals surface area (Å²) < 4.78 is 21.1. The summed E-state index contributed by atoms with van der Waals surface area (Å²) in [5.41, 5.74) is 0. The van der Waals surface area contributed by atoms with Crippen molar-refractivity contribution in [2.75, 3.05) is 12.8 Å². The number of rotatable bonds is 4. The van der Waals surface area contributed by atoms with E-state index in [2.05, 4.69) is 5.32 Å². The molecule has 14 heavy (non-hydrogen) atoms. The van der Waals surface area contributed by atoms with Gasteiger partial charge in [0, 0.05) is 18.2 Å². The Morgan fingerprint density at radius 2 is 1.93 bits per heavy atom. The van der Waals surface area contributed by atoms with E-state index in [1.165, 1.54) is 13.8 Å². The van der Waals surface area contributed by atoms with Gasteiger partial charge in [0.05, 0.1) is 0 Å². The van der Waals surface area contributed by atoms with Gasteiger partial charge in [0.1, 0.15) is 4.75 Å². The molecule has 0 aromatic carbocycles. The minimum Gasteiger partial charge on any atom is -0.353 e. The number of carbonyl (C=O) groups is 1. The molecule has 6 heteroatoms. The van der Waals surface area contributed by atoms with Crippen LogP contribution in [0.1, 0.15) is 20.8 Å². The summed E-state index contributed by atoms with van der Waals surface area (Å²) >= 11 is 5.62. The highest BCUT2D eigenvalue weighted by Crippen LogP contribution is 2.14. The van der Waals surface area contributed by atoms with Crippen LogP contribution in [-0.4, -0.2) is 37.2 Å². The van der Waals surface area contributed by atoms with Crippen LogP contribution in [0.25, 0.3) is 0 Å². The molecule has 4 nitrogen and oxygen atoms in total. The van der Waals surface area contributed by atoms with Crippen molar-refractivity contribution >= 4 is 27.3 Å². The maximum Gasteiger partial charge on any atom is 0.240 e. The van der Waals surface area contributed by atoms with Crippen LogP contribution in [0.2, 0.25) is 0 Å². The summed E-state index contributed by atoms with van der Waals surface area (Å²) in [5, 5.41) is 2.27. The minimum atomic E-state index is -3.40. The fourth-order valence-corrected chi connectivity index (χ4v) is 1.10. The second-order valence-corrected chi connectivity index (χ2v) is 7.08. The smallest absolute Gasteiger partial charge is 0.240 e. The van der Waals surface area contributed by atoms with Crippen molar-refractivity contribution in [3.63, 3.8) is 0 Å². The first kappa shape index (κ1) is 13.7. The van der Waals surface area contributed by atoms with Gasteiger partial charge < -0.3 is 5.32 Å². The molecule has 1 amide bonds. The zero-order valence-electron chi connectivity index (χ0n) is 8.80. The zero-order valence-corrected chi connectivity index (χ0v) is 10.4. The van der Waals surface area contributed by atoms with Crippen LogP contribution in [0.3, 0.4) is 0 Å². The van der Waals surface area contributed by atoms with E-state index in [0.29, 0.717) is 0 Å². The number of nitrogens with one attached hydrogen (secondary N) is 1. The van der Waals surface area contributed by atoms with Gasteiger partial charge in [0.25, 0.3) is 0 Å². The Kier molecular flexibility index (Phi) is 4.39. The number of amides is 1. The molecule has 0 aliphatic rings. The SMILES string of the molecule is CC(Cl)CNC(=O)C(C)(C)S(C)(=O)=O. The molecule has 1 N–H and O–H groups in total. The number of alkyl halides is 1. The molecule has 0 bridgehead atoms. The molecule has 0 rings (SSSR count). The second kappa shape index (κ2) is 4.49. The number of hydrogen-bond acceptors (Lipinski definition) is 3.